The fourth-order valence-electron chi connectivity index (χ4n) is 3.26. The van der Waals surface area contributed by atoms with E-state index in [0.717, 1.165) is 0 Å². The molecule has 0 aliphatic carbocycles. The average molecular weight is 458 g/mol. The molecule has 11 heteroatoms. The lowest BCUT2D eigenvalue weighted by atomic mass is 10.1. The number of ketones is 1. The van der Waals surface area contributed by atoms with Crippen molar-refractivity contribution in [1.82, 2.24) is 4.57 Å². The van der Waals surface area contributed by atoms with E-state index in [1.807, 2.05) is 0 Å². The lowest BCUT2D eigenvalue weighted by molar-refractivity contribution is -0.147. The Kier molecular flexibility index (Phi) is 7.11. The van der Waals surface area contributed by atoms with Crippen molar-refractivity contribution in [2.75, 3.05) is 18.5 Å². The Morgan fingerprint density at radius 3 is 2.48 bits per heavy atom. The van der Waals surface area contributed by atoms with E-state index >= 15 is 0 Å². The van der Waals surface area contributed by atoms with Gasteiger partial charge in [-0.2, -0.15) is 0 Å². The third-order valence-electron chi connectivity index (χ3n) is 4.65. The van der Waals surface area contributed by atoms with Crippen LogP contribution in [0.1, 0.15) is 46.7 Å². The summed E-state index contributed by atoms with van der Waals surface area (Å²) in [6.45, 7) is 3.70. The van der Waals surface area contributed by atoms with Gasteiger partial charge in [-0.3, -0.25) is 24.3 Å². The van der Waals surface area contributed by atoms with Crippen LogP contribution in [0, 0.1) is 6.92 Å². The third-order valence-corrected chi connectivity index (χ3v) is 4.65. The van der Waals surface area contributed by atoms with Crippen LogP contribution in [-0.2, 0) is 25.6 Å². The van der Waals surface area contributed by atoms with Gasteiger partial charge < -0.3 is 18.3 Å². The van der Waals surface area contributed by atoms with Gasteiger partial charge >= 0.3 is 17.7 Å². The van der Waals surface area contributed by atoms with Crippen LogP contribution in [0.3, 0.4) is 0 Å². The molecule has 11 nitrogen and oxygen atoms in total. The van der Waals surface area contributed by atoms with Crippen molar-refractivity contribution >= 4 is 40.6 Å². The van der Waals surface area contributed by atoms with Crippen LogP contribution in [0.5, 0.6) is 0 Å². The normalized spacial score (nSPS) is 10.8. The van der Waals surface area contributed by atoms with Gasteiger partial charge in [-0.05, 0) is 32.9 Å². The van der Waals surface area contributed by atoms with Gasteiger partial charge in [0.05, 0.1) is 24.1 Å². The molecule has 0 spiro atoms. The molecule has 0 radical (unpaired) electrons. The quantitative estimate of drug-likeness (QED) is 0.377. The third kappa shape index (κ3) is 5.20. The number of benzene rings is 1. The molecule has 174 valence electrons. The van der Waals surface area contributed by atoms with Crippen LogP contribution >= 0.6 is 0 Å². The SMILES string of the molecule is CCOC(=O)c1c(NC(=O)COC(=O)CCn2c(=O)oc3ccccc32)oc(C)c1C(C)=O. The second kappa shape index (κ2) is 9.98. The summed E-state index contributed by atoms with van der Waals surface area (Å²) in [7, 11) is 0. The molecule has 0 aliphatic rings. The second-order valence-corrected chi connectivity index (χ2v) is 6.96. The minimum atomic E-state index is -0.829. The van der Waals surface area contributed by atoms with E-state index in [0.29, 0.717) is 11.1 Å². The van der Waals surface area contributed by atoms with Crippen molar-refractivity contribution in [2.24, 2.45) is 0 Å². The van der Waals surface area contributed by atoms with Crippen LogP contribution < -0.4 is 11.1 Å². The topological polar surface area (TPSA) is 147 Å². The highest BCUT2D eigenvalue weighted by Crippen LogP contribution is 2.28. The number of amides is 1. The summed E-state index contributed by atoms with van der Waals surface area (Å²) in [6.07, 6.45) is -0.181. The molecule has 0 aliphatic heterocycles. The minimum absolute atomic E-state index is 0.00137. The number of anilines is 1. The van der Waals surface area contributed by atoms with E-state index in [1.54, 1.807) is 31.2 Å². The number of ether oxygens (including phenoxy) is 2. The monoisotopic (exact) mass is 458 g/mol. The average Bonchev–Trinajstić information content (AvgIpc) is 3.26. The van der Waals surface area contributed by atoms with Crippen molar-refractivity contribution in [3.63, 3.8) is 0 Å². The van der Waals surface area contributed by atoms with Crippen LogP contribution in [-0.4, -0.2) is 41.4 Å². The number of hydrogen-bond donors (Lipinski definition) is 1. The fourth-order valence-corrected chi connectivity index (χ4v) is 3.26. The molecule has 2 heterocycles. The van der Waals surface area contributed by atoms with E-state index in [2.05, 4.69) is 5.32 Å². The molecule has 1 aromatic carbocycles. The number of hydrogen-bond acceptors (Lipinski definition) is 9. The van der Waals surface area contributed by atoms with Gasteiger partial charge in [0.25, 0.3) is 5.91 Å². The van der Waals surface area contributed by atoms with Crippen molar-refractivity contribution < 1.29 is 37.5 Å². The first-order chi connectivity index (χ1) is 15.7. The number of oxazole rings is 1. The summed E-state index contributed by atoms with van der Waals surface area (Å²) in [4.78, 5) is 60.4. The van der Waals surface area contributed by atoms with Gasteiger partial charge in [0.2, 0.25) is 5.88 Å². The zero-order chi connectivity index (χ0) is 24.1. The molecule has 3 rings (SSSR count). The van der Waals surface area contributed by atoms with E-state index in [9.17, 15) is 24.0 Å². The lowest BCUT2D eigenvalue weighted by Crippen LogP contribution is -2.23. The Morgan fingerprint density at radius 2 is 1.79 bits per heavy atom. The molecule has 3 aromatic rings. The summed E-state index contributed by atoms with van der Waals surface area (Å²) in [5.41, 5.74) is 0.728. The Morgan fingerprint density at radius 1 is 1.06 bits per heavy atom. The smallest absolute Gasteiger partial charge is 0.419 e. The number of fused-ring (bicyclic) bond motifs is 1. The highest BCUT2D eigenvalue weighted by atomic mass is 16.5. The predicted octanol–water partition coefficient (Wildman–Crippen LogP) is 2.45. The standard InChI is InChI=1S/C22H22N2O9/c1-4-30-21(28)19-18(12(2)25)13(3)32-20(19)23-16(26)11-31-17(27)9-10-24-14-7-5-6-8-15(14)33-22(24)29/h5-8H,4,9-11H2,1-3H3,(H,23,26). The number of aromatic nitrogens is 1. The van der Waals surface area contributed by atoms with Crippen LogP contribution in [0.15, 0.2) is 37.9 Å². The lowest BCUT2D eigenvalue weighted by Gasteiger charge is -2.07. The number of nitrogens with one attached hydrogen (secondary N) is 1. The first-order valence-corrected chi connectivity index (χ1v) is 10.1. The predicted molar refractivity (Wildman–Crippen MR) is 114 cm³/mol. The van der Waals surface area contributed by atoms with Crippen molar-refractivity contribution in [3.05, 3.63) is 51.7 Å². The number of carbonyl (C=O) groups is 4. The zero-order valence-electron chi connectivity index (χ0n) is 18.3. The van der Waals surface area contributed by atoms with Gasteiger partial charge in [0, 0.05) is 6.54 Å². The van der Waals surface area contributed by atoms with Gasteiger partial charge in [-0.25, -0.2) is 9.59 Å². The molecule has 0 unspecified atom stereocenters. The van der Waals surface area contributed by atoms with Gasteiger partial charge in [-0.1, -0.05) is 12.1 Å². The molecule has 0 fully saturated rings. The van der Waals surface area contributed by atoms with Crippen molar-refractivity contribution in [1.29, 1.82) is 0 Å². The summed E-state index contributed by atoms with van der Waals surface area (Å²) in [6, 6.07) is 6.76. The maximum Gasteiger partial charge on any atom is 0.419 e. The molecule has 33 heavy (non-hydrogen) atoms. The number of carbonyl (C=O) groups excluding carboxylic acids is 4. The Balaban J connectivity index is 1.61. The number of furan rings is 1. The zero-order valence-corrected chi connectivity index (χ0v) is 18.3. The highest BCUT2D eigenvalue weighted by Gasteiger charge is 2.29. The molecular weight excluding hydrogens is 436 g/mol. The number of nitrogens with zero attached hydrogens (tertiary/aromatic N) is 1. The van der Waals surface area contributed by atoms with Gasteiger partial charge in [-0.15, -0.1) is 0 Å². The van der Waals surface area contributed by atoms with Crippen LogP contribution in [0.2, 0.25) is 0 Å². The number of para-hydroxylation sites is 2. The van der Waals surface area contributed by atoms with Crippen LogP contribution in [0.25, 0.3) is 11.1 Å². The summed E-state index contributed by atoms with van der Waals surface area (Å²) < 4.78 is 21.6. The minimum Gasteiger partial charge on any atom is -0.462 e. The molecular formula is C22H22N2O9. The molecule has 0 bridgehead atoms. The number of aryl methyl sites for hydroxylation is 2. The van der Waals surface area contributed by atoms with E-state index in [1.165, 1.54) is 18.4 Å². The molecule has 0 saturated heterocycles. The number of rotatable bonds is 9. The summed E-state index contributed by atoms with van der Waals surface area (Å²) in [5.74, 6) is -3.53. The Hall–Kier alpha value is -4.15. The van der Waals surface area contributed by atoms with E-state index < -0.39 is 36.0 Å². The molecule has 0 saturated carbocycles. The van der Waals surface area contributed by atoms with E-state index in [4.69, 9.17) is 18.3 Å². The molecule has 0 atom stereocenters. The van der Waals surface area contributed by atoms with Gasteiger partial charge in [0.15, 0.2) is 18.0 Å². The first kappa shape index (κ1) is 23.5. The molecule has 2 aromatic heterocycles. The maximum atomic E-state index is 12.3. The largest absolute Gasteiger partial charge is 0.462 e. The molecule has 1 N–H and O–H groups in total. The Bertz CT molecular complexity index is 1280. The number of esters is 2. The van der Waals surface area contributed by atoms with Crippen molar-refractivity contribution in [3.8, 4) is 0 Å². The van der Waals surface area contributed by atoms with E-state index in [-0.39, 0.29) is 42.3 Å². The fraction of sp³-hybridized carbons (Fsp3) is 0.318. The van der Waals surface area contributed by atoms with Crippen molar-refractivity contribution in [2.45, 2.75) is 33.7 Å². The first-order valence-electron chi connectivity index (χ1n) is 10.1. The maximum absolute atomic E-state index is 12.3. The summed E-state index contributed by atoms with van der Waals surface area (Å²) >= 11 is 0. The van der Waals surface area contributed by atoms with Gasteiger partial charge in [0.1, 0.15) is 11.3 Å². The Labute approximate surface area is 187 Å². The summed E-state index contributed by atoms with van der Waals surface area (Å²) in [5, 5.41) is 2.32. The highest BCUT2D eigenvalue weighted by molar-refractivity contribution is 6.10. The second-order valence-electron chi connectivity index (χ2n) is 6.96. The van der Waals surface area contributed by atoms with Crippen LogP contribution in [0.4, 0.5) is 5.88 Å². The number of Topliss-reactive ketones (excluding diaryl/α,β-unsaturated/α-hetero) is 1. The molecule has 1 amide bonds.